The van der Waals surface area contributed by atoms with E-state index in [-0.39, 0.29) is 17.4 Å². The Morgan fingerprint density at radius 3 is 2.62 bits per heavy atom. The average molecular weight is 490 g/mol. The Labute approximate surface area is 203 Å². The molecule has 1 saturated heterocycles. The average Bonchev–Trinajstić information content (AvgIpc) is 3.31. The van der Waals surface area contributed by atoms with E-state index in [9.17, 15) is 19.3 Å². The van der Waals surface area contributed by atoms with E-state index in [0.717, 1.165) is 28.2 Å². The van der Waals surface area contributed by atoms with E-state index in [1.54, 1.807) is 30.3 Å². The van der Waals surface area contributed by atoms with Crippen LogP contribution in [0.15, 0.2) is 83.9 Å². The van der Waals surface area contributed by atoms with Gasteiger partial charge >= 0.3 is 0 Å². The first-order valence-electron chi connectivity index (χ1n) is 10.3. The lowest BCUT2D eigenvalue weighted by atomic mass is 10.1. The van der Waals surface area contributed by atoms with Crippen LogP contribution in [-0.4, -0.2) is 19.7 Å². The van der Waals surface area contributed by atoms with E-state index in [0.29, 0.717) is 27.0 Å². The Balaban J connectivity index is 1.52. The molecule has 4 aromatic rings. The highest BCUT2D eigenvalue weighted by Crippen LogP contribution is 2.38. The van der Waals surface area contributed by atoms with Crippen LogP contribution in [0.3, 0.4) is 0 Å². The normalized spacial score (nSPS) is 15.0. The number of non-ortho nitro benzene ring substituents is 1. The molecule has 168 valence electrons. The van der Waals surface area contributed by atoms with Gasteiger partial charge in [-0.15, -0.1) is 0 Å². The van der Waals surface area contributed by atoms with Gasteiger partial charge in [-0.1, -0.05) is 66.4 Å². The van der Waals surface area contributed by atoms with E-state index < -0.39 is 4.92 Å². The number of para-hydroxylation sites is 1. The maximum absolute atomic E-state index is 14.3. The number of hydrogen-bond acceptors (Lipinski definition) is 5. The van der Waals surface area contributed by atoms with Gasteiger partial charge in [-0.2, -0.15) is 0 Å². The van der Waals surface area contributed by atoms with Crippen LogP contribution in [0.1, 0.15) is 11.1 Å². The zero-order valence-electron chi connectivity index (χ0n) is 17.6. The van der Waals surface area contributed by atoms with Crippen molar-refractivity contribution < 1.29 is 14.1 Å². The summed E-state index contributed by atoms with van der Waals surface area (Å²) in [5, 5.41) is 12.1. The van der Waals surface area contributed by atoms with Gasteiger partial charge in [-0.25, -0.2) is 4.39 Å². The highest BCUT2D eigenvalue weighted by molar-refractivity contribution is 8.27. The van der Waals surface area contributed by atoms with Gasteiger partial charge < -0.3 is 4.57 Å². The van der Waals surface area contributed by atoms with Gasteiger partial charge in [0, 0.05) is 40.4 Å². The standard InChI is InChI=1S/C25H16FN3O3S2/c26-21-10-3-1-6-16(21)14-27-15-17(20-9-2-4-11-22(20)27)12-23-24(30)28(25(33)34-23)18-7-5-8-19(13-18)29(31)32/h1-13,15H,14H2/b23-12-. The first kappa shape index (κ1) is 22.0. The lowest BCUT2D eigenvalue weighted by molar-refractivity contribution is -0.384. The van der Waals surface area contributed by atoms with Crippen molar-refractivity contribution in [2.75, 3.05) is 4.90 Å². The van der Waals surface area contributed by atoms with Crippen molar-refractivity contribution in [2.24, 2.45) is 0 Å². The molecule has 5 rings (SSSR count). The quantitative estimate of drug-likeness (QED) is 0.146. The number of halogens is 1. The van der Waals surface area contributed by atoms with Crippen LogP contribution in [0, 0.1) is 15.9 Å². The summed E-state index contributed by atoms with van der Waals surface area (Å²) in [4.78, 5) is 25.5. The highest BCUT2D eigenvalue weighted by Gasteiger charge is 2.34. The maximum atomic E-state index is 14.3. The molecule has 1 aliphatic rings. The molecule has 0 N–H and O–H groups in total. The topological polar surface area (TPSA) is 68.4 Å². The van der Waals surface area contributed by atoms with Crippen molar-refractivity contribution in [3.63, 3.8) is 0 Å². The number of carbonyl (C=O) groups excluding carboxylic acids is 1. The molecular weight excluding hydrogens is 473 g/mol. The summed E-state index contributed by atoms with van der Waals surface area (Å²) in [5.41, 5.74) is 2.50. The molecule has 0 radical (unpaired) electrons. The molecule has 9 heteroatoms. The van der Waals surface area contributed by atoms with Crippen molar-refractivity contribution in [2.45, 2.75) is 6.54 Å². The van der Waals surface area contributed by atoms with Gasteiger partial charge in [0.15, 0.2) is 4.32 Å². The molecule has 0 aliphatic carbocycles. The Morgan fingerprint density at radius 2 is 1.82 bits per heavy atom. The molecule has 0 atom stereocenters. The van der Waals surface area contributed by atoms with Crippen LogP contribution in [0.5, 0.6) is 0 Å². The van der Waals surface area contributed by atoms with Crippen molar-refractivity contribution in [1.29, 1.82) is 0 Å². The van der Waals surface area contributed by atoms with E-state index in [4.69, 9.17) is 12.2 Å². The molecule has 1 amide bonds. The maximum Gasteiger partial charge on any atom is 0.271 e. The van der Waals surface area contributed by atoms with Crippen LogP contribution >= 0.6 is 24.0 Å². The second-order valence-corrected chi connectivity index (χ2v) is 9.29. The fourth-order valence-electron chi connectivity index (χ4n) is 3.91. The molecule has 34 heavy (non-hydrogen) atoms. The van der Waals surface area contributed by atoms with Gasteiger partial charge in [0.05, 0.1) is 22.1 Å². The van der Waals surface area contributed by atoms with Gasteiger partial charge in [-0.3, -0.25) is 19.8 Å². The second kappa shape index (κ2) is 8.85. The van der Waals surface area contributed by atoms with Crippen molar-refractivity contribution in [1.82, 2.24) is 4.57 Å². The number of aromatic nitrogens is 1. The summed E-state index contributed by atoms with van der Waals surface area (Å²) in [6.07, 6.45) is 3.65. The fourth-order valence-corrected chi connectivity index (χ4v) is 5.20. The molecular formula is C25H16FN3O3S2. The summed E-state index contributed by atoms with van der Waals surface area (Å²) in [5.74, 6) is -0.624. The molecule has 6 nitrogen and oxygen atoms in total. The van der Waals surface area contributed by atoms with Gasteiger partial charge in [0.25, 0.3) is 11.6 Å². The SMILES string of the molecule is O=C1/C(=C/c2cn(Cc3ccccc3F)c3ccccc23)SC(=S)N1c1cccc([N+](=O)[O-])c1. The number of thioether (sulfide) groups is 1. The van der Waals surface area contributed by atoms with Gasteiger partial charge in [-0.05, 0) is 24.3 Å². The lowest BCUT2D eigenvalue weighted by Gasteiger charge is -2.13. The molecule has 0 unspecified atom stereocenters. The Bertz CT molecular complexity index is 1510. The van der Waals surface area contributed by atoms with Crippen molar-refractivity contribution in [3.05, 3.63) is 111 Å². The number of nitro groups is 1. The van der Waals surface area contributed by atoms with Crippen molar-refractivity contribution in [3.8, 4) is 0 Å². The number of anilines is 1. The van der Waals surface area contributed by atoms with Crippen molar-refractivity contribution >= 4 is 62.6 Å². The molecule has 0 spiro atoms. The summed E-state index contributed by atoms with van der Waals surface area (Å²) < 4.78 is 16.5. The van der Waals surface area contributed by atoms with Gasteiger partial charge in [0.2, 0.25) is 0 Å². The number of nitrogens with zero attached hydrogens (tertiary/aromatic N) is 3. The lowest BCUT2D eigenvalue weighted by Crippen LogP contribution is -2.27. The number of hydrogen-bond donors (Lipinski definition) is 0. The predicted molar refractivity (Wildman–Crippen MR) is 136 cm³/mol. The first-order chi connectivity index (χ1) is 16.4. The third kappa shape index (κ3) is 4.00. The number of fused-ring (bicyclic) bond motifs is 1. The van der Waals surface area contributed by atoms with Crippen LogP contribution in [0.2, 0.25) is 0 Å². The number of rotatable bonds is 5. The van der Waals surface area contributed by atoms with Gasteiger partial charge in [0.1, 0.15) is 5.82 Å². The van der Waals surface area contributed by atoms with Crippen LogP contribution < -0.4 is 4.90 Å². The van der Waals surface area contributed by atoms with Crippen LogP contribution in [0.4, 0.5) is 15.8 Å². The van der Waals surface area contributed by atoms with E-state index in [1.807, 2.05) is 35.0 Å². The number of thiocarbonyl (C=S) groups is 1. The Morgan fingerprint density at radius 1 is 1.06 bits per heavy atom. The highest BCUT2D eigenvalue weighted by atomic mass is 32.2. The Hall–Kier alpha value is -3.82. The molecule has 3 aromatic carbocycles. The summed E-state index contributed by atoms with van der Waals surface area (Å²) in [7, 11) is 0. The zero-order valence-corrected chi connectivity index (χ0v) is 19.2. The van der Waals surface area contributed by atoms with E-state index in [1.165, 1.54) is 29.2 Å². The number of carbonyl (C=O) groups is 1. The minimum Gasteiger partial charge on any atom is -0.342 e. The fraction of sp³-hybridized carbons (Fsp3) is 0.0400. The first-order valence-corrected chi connectivity index (χ1v) is 11.5. The minimum absolute atomic E-state index is 0.119. The summed E-state index contributed by atoms with van der Waals surface area (Å²) >= 11 is 6.55. The monoisotopic (exact) mass is 489 g/mol. The molecule has 1 aromatic heterocycles. The molecule has 1 fully saturated rings. The summed E-state index contributed by atoms with van der Waals surface area (Å²) in [6.45, 7) is 0.343. The third-order valence-corrected chi connectivity index (χ3v) is 6.80. The number of benzene rings is 3. The van der Waals surface area contributed by atoms with Crippen LogP contribution in [0.25, 0.3) is 17.0 Å². The van der Waals surface area contributed by atoms with Crippen LogP contribution in [-0.2, 0) is 11.3 Å². The number of amides is 1. The van der Waals surface area contributed by atoms with E-state index in [2.05, 4.69) is 0 Å². The Kier molecular flexibility index (Phi) is 5.72. The minimum atomic E-state index is -0.512. The molecule has 2 heterocycles. The van der Waals surface area contributed by atoms with E-state index >= 15 is 0 Å². The zero-order chi connectivity index (χ0) is 23.8. The largest absolute Gasteiger partial charge is 0.342 e. The second-order valence-electron chi connectivity index (χ2n) is 7.61. The molecule has 0 bridgehead atoms. The predicted octanol–water partition coefficient (Wildman–Crippen LogP) is 6.14. The smallest absolute Gasteiger partial charge is 0.271 e. The number of nitro benzene ring substituents is 1. The summed E-state index contributed by atoms with van der Waals surface area (Å²) in [6, 6.07) is 20.2. The molecule has 0 saturated carbocycles. The third-order valence-electron chi connectivity index (χ3n) is 5.50. The molecule has 1 aliphatic heterocycles.